The summed E-state index contributed by atoms with van der Waals surface area (Å²) in [5.41, 5.74) is -0.930. The van der Waals surface area contributed by atoms with Gasteiger partial charge >= 0.3 is 12.2 Å². The van der Waals surface area contributed by atoms with Crippen molar-refractivity contribution in [3.05, 3.63) is 65.9 Å². The highest BCUT2D eigenvalue weighted by molar-refractivity contribution is 5.92. The zero-order valence-corrected chi connectivity index (χ0v) is 14.8. The van der Waals surface area contributed by atoms with E-state index in [1.54, 1.807) is 0 Å². The third-order valence-corrected chi connectivity index (χ3v) is 3.97. The lowest BCUT2D eigenvalue weighted by atomic mass is 10.1. The molecule has 0 radical (unpaired) electrons. The molecule has 1 heterocycles. The first-order chi connectivity index (χ1) is 13.8. The Morgan fingerprint density at radius 3 is 2.52 bits per heavy atom. The number of benzene rings is 2. The standard InChI is InChI=1S/C19H15F5N4O/c20-11-9-12-15(5-6-26-17(12)14(21)10-11)25-7-8-27-18(29)28-16-4-2-1-3-13(16)19(22,23)24/h1-6,9-10H,7-8H2,(H,25,26)(H2,27,28,29). The van der Waals surface area contributed by atoms with Crippen molar-refractivity contribution < 1.29 is 26.7 Å². The van der Waals surface area contributed by atoms with E-state index in [4.69, 9.17) is 0 Å². The van der Waals surface area contributed by atoms with Crippen LogP contribution in [0.15, 0.2) is 48.7 Å². The van der Waals surface area contributed by atoms with Crippen LogP contribution in [0.5, 0.6) is 0 Å². The van der Waals surface area contributed by atoms with Crippen molar-refractivity contribution >= 4 is 28.3 Å². The lowest BCUT2D eigenvalue weighted by Gasteiger charge is -2.14. The highest BCUT2D eigenvalue weighted by atomic mass is 19.4. The predicted octanol–water partition coefficient (Wildman–Crippen LogP) is 4.77. The van der Waals surface area contributed by atoms with Crippen LogP contribution in [0.3, 0.4) is 0 Å². The lowest BCUT2D eigenvalue weighted by Crippen LogP contribution is -2.33. The molecule has 5 nitrogen and oxygen atoms in total. The Morgan fingerprint density at radius 2 is 1.76 bits per heavy atom. The molecule has 0 aliphatic rings. The minimum atomic E-state index is -4.60. The first-order valence-electron chi connectivity index (χ1n) is 8.44. The van der Waals surface area contributed by atoms with Gasteiger partial charge in [-0.3, -0.25) is 4.98 Å². The number of amides is 2. The summed E-state index contributed by atoms with van der Waals surface area (Å²) in [6.45, 7) is 0.202. The maximum absolute atomic E-state index is 13.8. The zero-order chi connectivity index (χ0) is 21.0. The van der Waals surface area contributed by atoms with E-state index in [0.717, 1.165) is 24.3 Å². The SMILES string of the molecule is O=C(NCCNc1ccnc2c(F)cc(F)cc12)Nc1ccccc1C(F)(F)F. The number of anilines is 2. The second kappa shape index (κ2) is 8.29. The molecule has 10 heteroatoms. The molecular formula is C19H15F5N4O. The van der Waals surface area contributed by atoms with Gasteiger partial charge in [0.05, 0.1) is 11.3 Å². The van der Waals surface area contributed by atoms with Gasteiger partial charge in [0.1, 0.15) is 11.3 Å². The van der Waals surface area contributed by atoms with Gasteiger partial charge in [0, 0.05) is 36.4 Å². The number of aromatic nitrogens is 1. The fourth-order valence-electron chi connectivity index (χ4n) is 2.71. The average molecular weight is 410 g/mol. The number of pyridine rings is 1. The molecule has 0 aliphatic heterocycles. The van der Waals surface area contributed by atoms with E-state index >= 15 is 0 Å². The van der Waals surface area contributed by atoms with E-state index in [1.165, 1.54) is 24.4 Å². The predicted molar refractivity (Wildman–Crippen MR) is 98.6 cm³/mol. The Morgan fingerprint density at radius 1 is 1.00 bits per heavy atom. The summed E-state index contributed by atoms with van der Waals surface area (Å²) in [6, 6.07) is 7.16. The Balaban J connectivity index is 1.58. The highest BCUT2D eigenvalue weighted by Gasteiger charge is 2.33. The number of carbonyl (C=O) groups excluding carboxylic acids is 1. The van der Waals surface area contributed by atoms with Crippen LogP contribution >= 0.6 is 0 Å². The van der Waals surface area contributed by atoms with E-state index in [-0.39, 0.29) is 29.7 Å². The third-order valence-electron chi connectivity index (χ3n) is 3.97. The zero-order valence-electron chi connectivity index (χ0n) is 14.8. The van der Waals surface area contributed by atoms with Crippen molar-refractivity contribution in [2.24, 2.45) is 0 Å². The van der Waals surface area contributed by atoms with Crippen molar-refractivity contribution in [2.45, 2.75) is 6.18 Å². The molecule has 0 saturated heterocycles. The topological polar surface area (TPSA) is 66.0 Å². The fraction of sp³-hybridized carbons (Fsp3) is 0.158. The molecule has 0 spiro atoms. The van der Waals surface area contributed by atoms with Gasteiger partial charge in [-0.2, -0.15) is 13.2 Å². The molecule has 3 N–H and O–H groups in total. The summed E-state index contributed by atoms with van der Waals surface area (Å²) in [5, 5.41) is 7.69. The number of nitrogens with one attached hydrogen (secondary N) is 3. The van der Waals surface area contributed by atoms with Gasteiger partial charge in [0.25, 0.3) is 0 Å². The molecule has 0 saturated carbocycles. The van der Waals surface area contributed by atoms with Crippen LogP contribution in [-0.4, -0.2) is 24.1 Å². The molecule has 1 aromatic heterocycles. The maximum Gasteiger partial charge on any atom is 0.418 e. The van der Waals surface area contributed by atoms with Gasteiger partial charge < -0.3 is 16.0 Å². The van der Waals surface area contributed by atoms with Crippen molar-refractivity contribution in [3.8, 4) is 0 Å². The van der Waals surface area contributed by atoms with Crippen LogP contribution in [0, 0.1) is 11.6 Å². The average Bonchev–Trinajstić information content (AvgIpc) is 2.65. The van der Waals surface area contributed by atoms with Gasteiger partial charge in [0.15, 0.2) is 5.82 Å². The number of para-hydroxylation sites is 1. The molecule has 0 atom stereocenters. The molecule has 0 aliphatic carbocycles. The number of nitrogens with zero attached hydrogens (tertiary/aromatic N) is 1. The van der Waals surface area contributed by atoms with Gasteiger partial charge in [-0.25, -0.2) is 13.6 Å². The van der Waals surface area contributed by atoms with E-state index < -0.39 is 29.4 Å². The fourth-order valence-corrected chi connectivity index (χ4v) is 2.71. The van der Waals surface area contributed by atoms with E-state index in [9.17, 15) is 26.7 Å². The number of hydrogen-bond donors (Lipinski definition) is 3. The Kier molecular flexibility index (Phi) is 5.81. The second-order valence-corrected chi connectivity index (χ2v) is 5.99. The summed E-state index contributed by atoms with van der Waals surface area (Å²) >= 11 is 0. The number of fused-ring (bicyclic) bond motifs is 1. The molecular weight excluding hydrogens is 395 g/mol. The molecule has 152 valence electrons. The van der Waals surface area contributed by atoms with Crippen LogP contribution in [0.25, 0.3) is 10.9 Å². The van der Waals surface area contributed by atoms with Crippen molar-refractivity contribution in [3.63, 3.8) is 0 Å². The summed E-state index contributed by atoms with van der Waals surface area (Å²) in [4.78, 5) is 15.7. The first kappa shape index (κ1) is 20.3. The molecule has 29 heavy (non-hydrogen) atoms. The summed E-state index contributed by atoms with van der Waals surface area (Å²) in [7, 11) is 0. The molecule has 3 aromatic rings. The van der Waals surface area contributed by atoms with E-state index in [1.807, 2.05) is 0 Å². The number of hydrogen-bond acceptors (Lipinski definition) is 3. The molecule has 2 amide bonds. The lowest BCUT2D eigenvalue weighted by molar-refractivity contribution is -0.136. The minimum absolute atomic E-state index is 0.00846. The summed E-state index contributed by atoms with van der Waals surface area (Å²) < 4.78 is 66.0. The van der Waals surface area contributed by atoms with Crippen LogP contribution in [-0.2, 0) is 6.18 Å². The molecule has 0 bridgehead atoms. The van der Waals surface area contributed by atoms with Gasteiger partial charge in [-0.15, -0.1) is 0 Å². The smallest absolute Gasteiger partial charge is 0.383 e. The molecule has 0 unspecified atom stereocenters. The third kappa shape index (κ3) is 4.89. The van der Waals surface area contributed by atoms with Gasteiger partial charge in [-0.1, -0.05) is 12.1 Å². The normalized spacial score (nSPS) is 11.3. The van der Waals surface area contributed by atoms with Gasteiger partial charge in [-0.05, 0) is 24.3 Å². The summed E-state index contributed by atoms with van der Waals surface area (Å²) in [6.07, 6.45) is -3.25. The number of carbonyl (C=O) groups is 1. The maximum atomic E-state index is 13.8. The first-order valence-corrected chi connectivity index (χ1v) is 8.44. The number of urea groups is 1. The summed E-state index contributed by atoms with van der Waals surface area (Å²) in [5.74, 6) is -1.56. The molecule has 3 rings (SSSR count). The second-order valence-electron chi connectivity index (χ2n) is 5.99. The van der Waals surface area contributed by atoms with E-state index in [0.29, 0.717) is 5.69 Å². The Labute approximate surface area is 161 Å². The molecule has 2 aromatic carbocycles. The van der Waals surface area contributed by atoms with Crippen LogP contribution in [0.1, 0.15) is 5.56 Å². The molecule has 0 fully saturated rings. The monoisotopic (exact) mass is 410 g/mol. The van der Waals surface area contributed by atoms with Crippen molar-refractivity contribution in [1.82, 2.24) is 10.3 Å². The quantitative estimate of drug-likeness (QED) is 0.420. The Bertz CT molecular complexity index is 1040. The van der Waals surface area contributed by atoms with Gasteiger partial charge in [0.2, 0.25) is 0 Å². The van der Waals surface area contributed by atoms with Crippen molar-refractivity contribution in [1.29, 1.82) is 0 Å². The van der Waals surface area contributed by atoms with Crippen LogP contribution < -0.4 is 16.0 Å². The van der Waals surface area contributed by atoms with Crippen LogP contribution in [0.4, 0.5) is 38.1 Å². The minimum Gasteiger partial charge on any atom is -0.383 e. The highest BCUT2D eigenvalue weighted by Crippen LogP contribution is 2.34. The van der Waals surface area contributed by atoms with Crippen molar-refractivity contribution in [2.75, 3.05) is 23.7 Å². The number of halogens is 5. The van der Waals surface area contributed by atoms with Crippen LogP contribution in [0.2, 0.25) is 0 Å². The van der Waals surface area contributed by atoms with E-state index in [2.05, 4.69) is 20.9 Å². The number of rotatable bonds is 5. The largest absolute Gasteiger partial charge is 0.418 e. The number of alkyl halides is 3. The Hall–Kier alpha value is -3.43.